The molecule has 2 amide bonds. The fourth-order valence-electron chi connectivity index (χ4n) is 5.46. The van der Waals surface area contributed by atoms with Gasteiger partial charge in [-0.3, -0.25) is 19.4 Å². The summed E-state index contributed by atoms with van der Waals surface area (Å²) in [5.74, 6) is -0.834. The van der Waals surface area contributed by atoms with E-state index in [4.69, 9.17) is 22.1 Å². The van der Waals surface area contributed by atoms with Crippen molar-refractivity contribution < 1.29 is 19.1 Å². The van der Waals surface area contributed by atoms with Crippen molar-refractivity contribution in [2.75, 3.05) is 13.2 Å². The number of amides is 2. The number of fused-ring (bicyclic) bond motifs is 1. The van der Waals surface area contributed by atoms with Crippen LogP contribution in [0, 0.1) is 5.92 Å². The summed E-state index contributed by atoms with van der Waals surface area (Å²) < 4.78 is 5.54. The monoisotopic (exact) mass is 496 g/mol. The Balaban J connectivity index is 1.39. The highest BCUT2D eigenvalue weighted by Gasteiger charge is 2.53. The topological polar surface area (TPSA) is 115 Å². The molecule has 4 atom stereocenters. The third kappa shape index (κ3) is 4.83. The lowest BCUT2D eigenvalue weighted by Crippen LogP contribution is -2.55. The number of carbonyl (C=O) groups is 3. The van der Waals surface area contributed by atoms with Gasteiger partial charge in [0.05, 0.1) is 5.38 Å². The predicted molar refractivity (Wildman–Crippen MR) is 131 cm³/mol. The molecule has 0 unspecified atom stereocenters. The maximum absolute atomic E-state index is 13.8. The number of benzene rings is 1. The molecule has 35 heavy (non-hydrogen) atoms. The SMILES string of the molecule is NC1CCC([C@H](NC(=O)c2cccc(-c3cccnc3)c2)C(=O)N2C[C@H](Cl)[C@H]3OCC(=O)[C@H]32)CC1. The Kier molecular flexibility index (Phi) is 6.86. The minimum Gasteiger partial charge on any atom is -0.366 e. The number of carbonyl (C=O) groups excluding carboxylic acids is 3. The first kappa shape index (κ1) is 23.9. The van der Waals surface area contributed by atoms with Crippen LogP contribution in [0.1, 0.15) is 36.0 Å². The Morgan fingerprint density at radius 1 is 1.14 bits per heavy atom. The van der Waals surface area contributed by atoms with Crippen LogP contribution in [0.4, 0.5) is 0 Å². The molecule has 3 fully saturated rings. The molecule has 2 aliphatic heterocycles. The fraction of sp³-hybridized carbons (Fsp3) is 0.462. The minimum atomic E-state index is -0.770. The van der Waals surface area contributed by atoms with Crippen LogP contribution in [-0.4, -0.2) is 70.2 Å². The number of nitrogens with one attached hydrogen (secondary N) is 1. The highest BCUT2D eigenvalue weighted by molar-refractivity contribution is 6.22. The van der Waals surface area contributed by atoms with Gasteiger partial charge < -0.3 is 20.7 Å². The third-order valence-corrected chi connectivity index (χ3v) is 7.75. The van der Waals surface area contributed by atoms with Gasteiger partial charge >= 0.3 is 0 Å². The van der Waals surface area contributed by atoms with E-state index < -0.39 is 23.6 Å². The molecule has 5 rings (SSSR count). The first-order valence-corrected chi connectivity index (χ1v) is 12.5. The van der Waals surface area contributed by atoms with Gasteiger partial charge in [0.15, 0.2) is 5.78 Å². The van der Waals surface area contributed by atoms with E-state index in [1.807, 2.05) is 24.3 Å². The van der Waals surface area contributed by atoms with Crippen LogP contribution in [0.3, 0.4) is 0 Å². The van der Waals surface area contributed by atoms with Gasteiger partial charge in [-0.1, -0.05) is 18.2 Å². The van der Waals surface area contributed by atoms with Crippen molar-refractivity contribution in [2.24, 2.45) is 11.7 Å². The van der Waals surface area contributed by atoms with Crippen LogP contribution >= 0.6 is 11.6 Å². The minimum absolute atomic E-state index is 0.0429. The number of hydrogen-bond donors (Lipinski definition) is 2. The van der Waals surface area contributed by atoms with Gasteiger partial charge in [0.1, 0.15) is 24.8 Å². The van der Waals surface area contributed by atoms with Gasteiger partial charge in [0, 0.05) is 36.1 Å². The molecule has 2 saturated heterocycles. The molecular formula is C26H29ClN4O4. The van der Waals surface area contributed by atoms with Gasteiger partial charge in [-0.2, -0.15) is 0 Å². The molecule has 1 saturated carbocycles. The van der Waals surface area contributed by atoms with E-state index >= 15 is 0 Å². The van der Waals surface area contributed by atoms with E-state index in [1.165, 1.54) is 4.90 Å². The predicted octanol–water partition coefficient (Wildman–Crippen LogP) is 2.15. The van der Waals surface area contributed by atoms with Crippen LogP contribution in [0.2, 0.25) is 0 Å². The number of pyridine rings is 1. The number of Topliss-reactive ketones (excluding diaryl/α,β-unsaturated/α-hetero) is 1. The molecule has 9 heteroatoms. The average Bonchev–Trinajstić information content (AvgIpc) is 3.43. The van der Waals surface area contributed by atoms with E-state index in [1.54, 1.807) is 24.5 Å². The van der Waals surface area contributed by atoms with Crippen molar-refractivity contribution in [1.82, 2.24) is 15.2 Å². The summed E-state index contributed by atoms with van der Waals surface area (Å²) in [6, 6.07) is 9.64. The molecule has 184 valence electrons. The molecule has 0 radical (unpaired) electrons. The summed E-state index contributed by atoms with van der Waals surface area (Å²) in [4.78, 5) is 45.4. The van der Waals surface area contributed by atoms with Crippen molar-refractivity contribution in [3.8, 4) is 11.1 Å². The molecular weight excluding hydrogens is 468 g/mol. The van der Waals surface area contributed by atoms with Gasteiger partial charge in [-0.25, -0.2) is 0 Å². The zero-order valence-corrected chi connectivity index (χ0v) is 20.1. The van der Waals surface area contributed by atoms with Crippen LogP contribution in [0.25, 0.3) is 11.1 Å². The van der Waals surface area contributed by atoms with Crippen molar-refractivity contribution in [3.63, 3.8) is 0 Å². The van der Waals surface area contributed by atoms with E-state index in [9.17, 15) is 14.4 Å². The Bertz CT molecular complexity index is 1110. The molecule has 1 aromatic carbocycles. The number of nitrogens with zero attached hydrogens (tertiary/aromatic N) is 2. The van der Waals surface area contributed by atoms with Crippen LogP contribution in [0.15, 0.2) is 48.8 Å². The molecule has 0 bridgehead atoms. The first-order chi connectivity index (χ1) is 16.9. The van der Waals surface area contributed by atoms with Crippen molar-refractivity contribution >= 4 is 29.2 Å². The van der Waals surface area contributed by atoms with Crippen LogP contribution in [0.5, 0.6) is 0 Å². The zero-order chi connectivity index (χ0) is 24.5. The number of ketones is 1. The number of rotatable bonds is 5. The Morgan fingerprint density at radius 2 is 1.91 bits per heavy atom. The molecule has 1 aromatic heterocycles. The summed E-state index contributed by atoms with van der Waals surface area (Å²) in [7, 11) is 0. The number of hydrogen-bond acceptors (Lipinski definition) is 6. The first-order valence-electron chi connectivity index (χ1n) is 12.1. The second-order valence-corrected chi connectivity index (χ2v) is 10.2. The smallest absolute Gasteiger partial charge is 0.251 e. The normalized spacial score (nSPS) is 29.0. The molecule has 3 aliphatic rings. The average molecular weight is 497 g/mol. The summed E-state index contributed by atoms with van der Waals surface area (Å²) >= 11 is 6.42. The van der Waals surface area contributed by atoms with Gasteiger partial charge in [0.25, 0.3) is 5.91 Å². The lowest BCUT2D eigenvalue weighted by molar-refractivity contribution is -0.139. The highest BCUT2D eigenvalue weighted by atomic mass is 35.5. The molecule has 3 N–H and O–H groups in total. The van der Waals surface area contributed by atoms with E-state index in [2.05, 4.69) is 10.3 Å². The standard InChI is InChI=1S/C26H29ClN4O4/c27-20-13-31(23-21(32)14-35-24(20)23)26(34)22(15-6-8-19(28)9-7-15)30-25(33)17-4-1-3-16(11-17)18-5-2-10-29-12-18/h1-5,10-12,15,19-20,22-24H,6-9,13-14,28H2,(H,30,33)/t15?,19?,20-,22-,23+,24+/m0/s1. The Morgan fingerprint density at radius 3 is 2.66 bits per heavy atom. The zero-order valence-electron chi connectivity index (χ0n) is 19.3. The lowest BCUT2D eigenvalue weighted by atomic mass is 9.81. The van der Waals surface area contributed by atoms with Gasteiger partial charge in [-0.15, -0.1) is 11.6 Å². The summed E-state index contributed by atoms with van der Waals surface area (Å²) in [6.07, 6.45) is 5.96. The summed E-state index contributed by atoms with van der Waals surface area (Å²) in [6.45, 7) is 0.176. The second-order valence-electron chi connectivity index (χ2n) is 9.64. The third-order valence-electron chi connectivity index (χ3n) is 7.37. The quantitative estimate of drug-likeness (QED) is 0.613. The lowest BCUT2D eigenvalue weighted by Gasteiger charge is -2.35. The van der Waals surface area contributed by atoms with E-state index in [-0.39, 0.29) is 42.7 Å². The van der Waals surface area contributed by atoms with E-state index in [0.717, 1.165) is 36.8 Å². The number of alkyl halides is 1. The summed E-state index contributed by atoms with van der Waals surface area (Å²) in [5, 5.41) is 2.55. The van der Waals surface area contributed by atoms with Crippen LogP contribution < -0.4 is 11.1 Å². The largest absolute Gasteiger partial charge is 0.366 e. The van der Waals surface area contributed by atoms with Crippen molar-refractivity contribution in [3.05, 3.63) is 54.4 Å². The fourth-order valence-corrected chi connectivity index (χ4v) is 5.82. The summed E-state index contributed by atoms with van der Waals surface area (Å²) in [5.41, 5.74) is 8.31. The molecule has 8 nitrogen and oxygen atoms in total. The molecule has 3 heterocycles. The maximum Gasteiger partial charge on any atom is 0.251 e. The Labute approximate surface area is 209 Å². The number of halogens is 1. The van der Waals surface area contributed by atoms with Crippen molar-refractivity contribution in [2.45, 2.75) is 55.3 Å². The molecule has 0 spiro atoms. The van der Waals surface area contributed by atoms with Gasteiger partial charge in [-0.05, 0) is 55.4 Å². The van der Waals surface area contributed by atoms with Crippen LogP contribution in [-0.2, 0) is 14.3 Å². The number of ether oxygens (including phenoxy) is 1. The number of nitrogens with two attached hydrogens (primary N) is 1. The van der Waals surface area contributed by atoms with Crippen molar-refractivity contribution in [1.29, 1.82) is 0 Å². The second kappa shape index (κ2) is 10.0. The van der Waals surface area contributed by atoms with Gasteiger partial charge in [0.2, 0.25) is 5.91 Å². The number of aromatic nitrogens is 1. The number of likely N-dealkylation sites (tertiary alicyclic amines) is 1. The molecule has 2 aromatic rings. The van der Waals surface area contributed by atoms with E-state index in [0.29, 0.717) is 5.56 Å². The maximum atomic E-state index is 13.8. The highest BCUT2D eigenvalue weighted by Crippen LogP contribution is 2.34. The Hall–Kier alpha value is -2.81. The molecule has 1 aliphatic carbocycles.